The van der Waals surface area contributed by atoms with Crippen molar-refractivity contribution in [3.05, 3.63) is 30.5 Å². The van der Waals surface area contributed by atoms with Crippen LogP contribution in [0.5, 0.6) is 5.88 Å². The Hall–Kier alpha value is -1.62. The van der Waals surface area contributed by atoms with Gasteiger partial charge in [0.15, 0.2) is 5.82 Å². The van der Waals surface area contributed by atoms with Gasteiger partial charge in [-0.1, -0.05) is 0 Å². The highest BCUT2D eigenvalue weighted by Gasteiger charge is 2.05. The second kappa shape index (κ2) is 4.94. The fourth-order valence-corrected chi connectivity index (χ4v) is 1.50. The first-order chi connectivity index (χ1) is 7.85. The summed E-state index contributed by atoms with van der Waals surface area (Å²) in [7, 11) is 0. The van der Waals surface area contributed by atoms with Gasteiger partial charge in [0.2, 0.25) is 5.88 Å². The maximum atomic E-state index is 5.74. The van der Waals surface area contributed by atoms with Crippen LogP contribution in [0.15, 0.2) is 24.7 Å². The summed E-state index contributed by atoms with van der Waals surface area (Å²) in [5.74, 6) is 1.60. The quantitative estimate of drug-likeness (QED) is 0.763. The van der Waals surface area contributed by atoms with Crippen LogP contribution in [0.1, 0.15) is 12.7 Å². The smallest absolute Gasteiger partial charge is 0.213 e. The van der Waals surface area contributed by atoms with Gasteiger partial charge in [-0.25, -0.2) is 4.98 Å². The minimum Gasteiger partial charge on any atom is -0.478 e. The van der Waals surface area contributed by atoms with Crippen LogP contribution in [-0.4, -0.2) is 26.4 Å². The molecule has 6 heteroatoms. The predicted molar refractivity (Wildman–Crippen MR) is 59.9 cm³/mol. The largest absolute Gasteiger partial charge is 0.478 e. The Bertz CT molecular complexity index is 454. The molecule has 0 aromatic carbocycles. The SMILES string of the molecule is CCOc1ccc(-n2cnnc2CCl)cn1. The van der Waals surface area contributed by atoms with Crippen molar-refractivity contribution >= 4 is 11.6 Å². The van der Waals surface area contributed by atoms with E-state index in [1.54, 1.807) is 23.2 Å². The maximum absolute atomic E-state index is 5.74. The van der Waals surface area contributed by atoms with Gasteiger partial charge in [0, 0.05) is 6.07 Å². The summed E-state index contributed by atoms with van der Waals surface area (Å²) in [5, 5.41) is 7.69. The molecule has 16 heavy (non-hydrogen) atoms. The minimum atomic E-state index is 0.313. The maximum Gasteiger partial charge on any atom is 0.213 e. The Morgan fingerprint density at radius 2 is 2.31 bits per heavy atom. The fourth-order valence-electron chi connectivity index (χ4n) is 1.31. The first-order valence-corrected chi connectivity index (χ1v) is 5.42. The summed E-state index contributed by atoms with van der Waals surface area (Å²) in [6, 6.07) is 3.69. The Morgan fingerprint density at radius 3 is 2.94 bits per heavy atom. The minimum absolute atomic E-state index is 0.313. The number of pyridine rings is 1. The molecule has 2 aromatic rings. The van der Waals surface area contributed by atoms with Crippen LogP contribution in [0.25, 0.3) is 5.69 Å². The molecular formula is C10H11ClN4O. The number of halogens is 1. The highest BCUT2D eigenvalue weighted by atomic mass is 35.5. The second-order valence-corrected chi connectivity index (χ2v) is 3.31. The Kier molecular flexibility index (Phi) is 3.36. The van der Waals surface area contributed by atoms with E-state index in [4.69, 9.17) is 16.3 Å². The molecule has 0 radical (unpaired) electrons. The van der Waals surface area contributed by atoms with Crippen molar-refractivity contribution in [1.82, 2.24) is 19.7 Å². The molecule has 2 rings (SSSR count). The van der Waals surface area contributed by atoms with Gasteiger partial charge in [-0.2, -0.15) is 0 Å². The van der Waals surface area contributed by atoms with Gasteiger partial charge in [0.1, 0.15) is 6.33 Å². The molecule has 0 unspecified atom stereocenters. The molecule has 0 saturated carbocycles. The van der Waals surface area contributed by atoms with E-state index in [0.717, 1.165) is 5.69 Å². The second-order valence-electron chi connectivity index (χ2n) is 3.04. The van der Waals surface area contributed by atoms with Crippen LogP contribution < -0.4 is 4.74 Å². The van der Waals surface area contributed by atoms with E-state index in [0.29, 0.717) is 24.2 Å². The molecule has 2 aromatic heterocycles. The van der Waals surface area contributed by atoms with Crippen molar-refractivity contribution in [1.29, 1.82) is 0 Å². The molecule has 84 valence electrons. The molecule has 0 bridgehead atoms. The Morgan fingerprint density at radius 1 is 1.44 bits per heavy atom. The van der Waals surface area contributed by atoms with Crippen LogP contribution in [0, 0.1) is 0 Å². The number of ether oxygens (including phenoxy) is 1. The molecule has 0 aliphatic rings. The number of aromatic nitrogens is 4. The Balaban J connectivity index is 2.27. The third kappa shape index (κ3) is 2.14. The summed E-state index contributed by atoms with van der Waals surface area (Å²) in [6.45, 7) is 2.52. The highest BCUT2D eigenvalue weighted by molar-refractivity contribution is 6.16. The Labute approximate surface area is 98.0 Å². The average molecular weight is 239 g/mol. The third-order valence-corrected chi connectivity index (χ3v) is 2.27. The van der Waals surface area contributed by atoms with Crippen LogP contribution >= 0.6 is 11.6 Å². The lowest BCUT2D eigenvalue weighted by molar-refractivity contribution is 0.327. The van der Waals surface area contributed by atoms with E-state index in [2.05, 4.69) is 15.2 Å². The van der Waals surface area contributed by atoms with Crippen molar-refractivity contribution in [3.63, 3.8) is 0 Å². The van der Waals surface area contributed by atoms with E-state index in [-0.39, 0.29) is 0 Å². The molecule has 0 aliphatic carbocycles. The van der Waals surface area contributed by atoms with Crippen LogP contribution in [-0.2, 0) is 5.88 Å². The van der Waals surface area contributed by atoms with Crippen LogP contribution in [0.4, 0.5) is 0 Å². The van der Waals surface area contributed by atoms with E-state index in [1.807, 2.05) is 13.0 Å². The molecule has 5 nitrogen and oxygen atoms in total. The molecule has 0 saturated heterocycles. The summed E-state index contributed by atoms with van der Waals surface area (Å²) in [4.78, 5) is 4.16. The molecule has 0 fully saturated rings. The first-order valence-electron chi connectivity index (χ1n) is 4.89. The zero-order chi connectivity index (χ0) is 11.4. The number of nitrogens with zero attached hydrogens (tertiary/aromatic N) is 4. The van der Waals surface area contributed by atoms with Gasteiger partial charge in [-0.15, -0.1) is 21.8 Å². The van der Waals surface area contributed by atoms with Gasteiger partial charge >= 0.3 is 0 Å². The third-order valence-electron chi connectivity index (χ3n) is 2.03. The average Bonchev–Trinajstić information content (AvgIpc) is 2.78. The monoisotopic (exact) mass is 238 g/mol. The first kappa shape index (κ1) is 10.9. The van der Waals surface area contributed by atoms with E-state index >= 15 is 0 Å². The predicted octanol–water partition coefficient (Wildman–Crippen LogP) is 1.80. The molecule has 0 spiro atoms. The van der Waals surface area contributed by atoms with Crippen molar-refractivity contribution in [2.24, 2.45) is 0 Å². The number of hydrogen-bond donors (Lipinski definition) is 0. The normalized spacial score (nSPS) is 10.4. The van der Waals surface area contributed by atoms with E-state index < -0.39 is 0 Å². The van der Waals surface area contributed by atoms with Crippen molar-refractivity contribution in [2.45, 2.75) is 12.8 Å². The van der Waals surface area contributed by atoms with Crippen LogP contribution in [0.3, 0.4) is 0 Å². The molecule has 0 amide bonds. The summed E-state index contributed by atoms with van der Waals surface area (Å²) < 4.78 is 7.04. The lowest BCUT2D eigenvalue weighted by Gasteiger charge is -2.05. The van der Waals surface area contributed by atoms with Crippen molar-refractivity contribution < 1.29 is 4.74 Å². The lowest BCUT2D eigenvalue weighted by atomic mass is 10.4. The molecule has 0 N–H and O–H groups in total. The van der Waals surface area contributed by atoms with Gasteiger partial charge in [-0.05, 0) is 13.0 Å². The summed E-state index contributed by atoms with van der Waals surface area (Å²) in [5.41, 5.74) is 0.865. The lowest BCUT2D eigenvalue weighted by Crippen LogP contribution is -2.00. The molecular weight excluding hydrogens is 228 g/mol. The topological polar surface area (TPSA) is 52.8 Å². The number of hydrogen-bond acceptors (Lipinski definition) is 4. The van der Waals surface area contributed by atoms with E-state index in [1.165, 1.54) is 0 Å². The van der Waals surface area contributed by atoms with Crippen molar-refractivity contribution in [2.75, 3.05) is 6.61 Å². The van der Waals surface area contributed by atoms with E-state index in [9.17, 15) is 0 Å². The van der Waals surface area contributed by atoms with Crippen molar-refractivity contribution in [3.8, 4) is 11.6 Å². The zero-order valence-corrected chi connectivity index (χ0v) is 9.55. The zero-order valence-electron chi connectivity index (χ0n) is 8.80. The molecule has 0 atom stereocenters. The summed E-state index contributed by atoms with van der Waals surface area (Å²) >= 11 is 5.74. The standard InChI is InChI=1S/C10H11ClN4O/c1-2-16-10-4-3-8(6-12-10)15-7-13-14-9(15)5-11/h3-4,6-7H,2,5H2,1H3. The fraction of sp³-hybridized carbons (Fsp3) is 0.300. The molecule has 0 aliphatic heterocycles. The van der Waals surface area contributed by atoms with Gasteiger partial charge in [0.05, 0.1) is 24.4 Å². The molecule has 2 heterocycles. The van der Waals surface area contributed by atoms with Crippen LogP contribution in [0.2, 0.25) is 0 Å². The number of alkyl halides is 1. The number of rotatable bonds is 4. The summed E-state index contributed by atoms with van der Waals surface area (Å²) in [6.07, 6.45) is 3.31. The highest BCUT2D eigenvalue weighted by Crippen LogP contribution is 2.13. The van der Waals surface area contributed by atoms with Gasteiger partial charge < -0.3 is 4.74 Å². The van der Waals surface area contributed by atoms with Gasteiger partial charge in [0.25, 0.3) is 0 Å². The van der Waals surface area contributed by atoms with Gasteiger partial charge in [-0.3, -0.25) is 4.57 Å².